The van der Waals surface area contributed by atoms with Crippen LogP contribution in [0.25, 0.3) is 11.3 Å². The van der Waals surface area contributed by atoms with E-state index in [0.29, 0.717) is 11.0 Å². The third-order valence-corrected chi connectivity index (χ3v) is 4.39. The molecule has 1 aliphatic rings. The fourth-order valence-corrected chi connectivity index (χ4v) is 3.16. The average molecular weight is 310 g/mol. The van der Waals surface area contributed by atoms with Gasteiger partial charge in [0, 0.05) is 10.9 Å². The van der Waals surface area contributed by atoms with Crippen molar-refractivity contribution in [2.24, 2.45) is 5.92 Å². The van der Waals surface area contributed by atoms with Crippen LogP contribution in [-0.2, 0) is 4.79 Å². The molecule has 0 unspecified atom stereocenters. The molecule has 4 heteroatoms. The SMILES string of the molecule is O=C(/C=C/[C@H]1CC=CCC1)Nc1nc(-c2ccccc2)cs1. The minimum atomic E-state index is -0.108. The maximum absolute atomic E-state index is 12.0. The second-order valence-electron chi connectivity index (χ2n) is 5.30. The Bertz CT molecular complexity index is 688. The second-order valence-corrected chi connectivity index (χ2v) is 6.15. The van der Waals surface area contributed by atoms with E-state index in [1.165, 1.54) is 11.3 Å². The molecule has 0 saturated carbocycles. The van der Waals surface area contributed by atoms with Gasteiger partial charge >= 0.3 is 0 Å². The molecule has 22 heavy (non-hydrogen) atoms. The van der Waals surface area contributed by atoms with Gasteiger partial charge in [-0.2, -0.15) is 0 Å². The van der Waals surface area contributed by atoms with Gasteiger partial charge in [-0.25, -0.2) is 4.98 Å². The number of aromatic nitrogens is 1. The Morgan fingerprint density at radius 2 is 2.14 bits per heavy atom. The van der Waals surface area contributed by atoms with E-state index < -0.39 is 0 Å². The standard InChI is InChI=1S/C18H18N2OS/c21-17(12-11-14-7-3-1-4-8-14)20-18-19-16(13-22-18)15-9-5-2-6-10-15/h1-3,5-6,9-14H,4,7-8H2,(H,19,20,21)/b12-11+/t14-/m0/s1. The summed E-state index contributed by atoms with van der Waals surface area (Å²) in [5.41, 5.74) is 1.95. The third-order valence-electron chi connectivity index (χ3n) is 3.63. The fraction of sp³-hybridized carbons (Fsp3) is 0.222. The molecule has 3 rings (SSSR count). The molecule has 1 aliphatic carbocycles. The van der Waals surface area contributed by atoms with Crippen LogP contribution in [0.3, 0.4) is 0 Å². The van der Waals surface area contributed by atoms with Gasteiger partial charge in [-0.3, -0.25) is 10.1 Å². The highest BCUT2D eigenvalue weighted by atomic mass is 32.1. The number of carbonyl (C=O) groups excluding carboxylic acids is 1. The van der Waals surface area contributed by atoms with E-state index in [9.17, 15) is 4.79 Å². The van der Waals surface area contributed by atoms with E-state index >= 15 is 0 Å². The van der Waals surface area contributed by atoms with E-state index in [1.807, 2.05) is 41.8 Å². The van der Waals surface area contributed by atoms with E-state index in [-0.39, 0.29) is 5.91 Å². The van der Waals surface area contributed by atoms with Gasteiger partial charge < -0.3 is 0 Å². The smallest absolute Gasteiger partial charge is 0.249 e. The molecule has 1 aromatic carbocycles. The number of nitrogens with zero attached hydrogens (tertiary/aromatic N) is 1. The highest BCUT2D eigenvalue weighted by Crippen LogP contribution is 2.24. The molecule has 1 atom stereocenters. The summed E-state index contributed by atoms with van der Waals surface area (Å²) in [6.07, 6.45) is 11.3. The lowest BCUT2D eigenvalue weighted by Crippen LogP contribution is -2.09. The summed E-state index contributed by atoms with van der Waals surface area (Å²) in [4.78, 5) is 16.4. The maximum Gasteiger partial charge on any atom is 0.249 e. The van der Waals surface area contributed by atoms with Gasteiger partial charge in [0.15, 0.2) is 5.13 Å². The molecule has 0 saturated heterocycles. The summed E-state index contributed by atoms with van der Waals surface area (Å²) in [6.45, 7) is 0. The summed E-state index contributed by atoms with van der Waals surface area (Å²) >= 11 is 1.45. The van der Waals surface area contributed by atoms with Crippen LogP contribution in [0.2, 0.25) is 0 Å². The highest BCUT2D eigenvalue weighted by Gasteiger charge is 2.08. The molecule has 112 valence electrons. The van der Waals surface area contributed by atoms with Crippen molar-refractivity contribution in [3.63, 3.8) is 0 Å². The minimum absolute atomic E-state index is 0.108. The lowest BCUT2D eigenvalue weighted by molar-refractivity contribution is -0.111. The normalized spacial score (nSPS) is 17.7. The topological polar surface area (TPSA) is 42.0 Å². The van der Waals surface area contributed by atoms with Gasteiger partial charge in [0.1, 0.15) is 0 Å². The van der Waals surface area contributed by atoms with Crippen LogP contribution >= 0.6 is 11.3 Å². The number of anilines is 1. The number of rotatable bonds is 4. The predicted octanol–water partition coefficient (Wildman–Crippen LogP) is 4.66. The monoisotopic (exact) mass is 310 g/mol. The quantitative estimate of drug-likeness (QED) is 0.659. The van der Waals surface area contributed by atoms with Crippen LogP contribution in [0, 0.1) is 5.92 Å². The first-order chi connectivity index (χ1) is 10.8. The Hall–Kier alpha value is -2.20. The summed E-state index contributed by atoms with van der Waals surface area (Å²) in [5, 5.41) is 5.43. The van der Waals surface area contributed by atoms with Crippen molar-refractivity contribution in [3.8, 4) is 11.3 Å². The summed E-state index contributed by atoms with van der Waals surface area (Å²) in [5.74, 6) is 0.371. The predicted molar refractivity (Wildman–Crippen MR) is 91.8 cm³/mol. The van der Waals surface area contributed by atoms with E-state index in [1.54, 1.807) is 6.08 Å². The van der Waals surface area contributed by atoms with Crippen molar-refractivity contribution in [1.82, 2.24) is 4.98 Å². The molecule has 0 radical (unpaired) electrons. The van der Waals surface area contributed by atoms with Crippen molar-refractivity contribution >= 4 is 22.4 Å². The van der Waals surface area contributed by atoms with Crippen molar-refractivity contribution in [2.45, 2.75) is 19.3 Å². The number of carbonyl (C=O) groups is 1. The Morgan fingerprint density at radius 1 is 1.27 bits per heavy atom. The van der Waals surface area contributed by atoms with Crippen molar-refractivity contribution < 1.29 is 4.79 Å². The zero-order valence-corrected chi connectivity index (χ0v) is 13.1. The van der Waals surface area contributed by atoms with E-state index in [0.717, 1.165) is 30.5 Å². The number of hydrogen-bond donors (Lipinski definition) is 1. The van der Waals surface area contributed by atoms with Crippen LogP contribution in [0.5, 0.6) is 0 Å². The van der Waals surface area contributed by atoms with Crippen LogP contribution < -0.4 is 5.32 Å². The number of thiazole rings is 1. The molecule has 0 bridgehead atoms. The summed E-state index contributed by atoms with van der Waals surface area (Å²) < 4.78 is 0. The van der Waals surface area contributed by atoms with E-state index in [2.05, 4.69) is 22.5 Å². The second kappa shape index (κ2) is 7.18. The molecule has 0 fully saturated rings. The molecule has 0 aliphatic heterocycles. The van der Waals surface area contributed by atoms with Gasteiger partial charge in [0.05, 0.1) is 5.69 Å². The van der Waals surface area contributed by atoms with Crippen LogP contribution in [0.4, 0.5) is 5.13 Å². The molecule has 1 heterocycles. The Morgan fingerprint density at radius 3 is 2.91 bits per heavy atom. The molecule has 0 spiro atoms. The van der Waals surface area contributed by atoms with Gasteiger partial charge in [-0.1, -0.05) is 48.6 Å². The first kappa shape index (κ1) is 14.7. The third kappa shape index (κ3) is 3.92. The Labute approximate surface area is 134 Å². The number of amides is 1. The summed E-state index contributed by atoms with van der Waals surface area (Å²) in [7, 11) is 0. The summed E-state index contributed by atoms with van der Waals surface area (Å²) in [6, 6.07) is 9.96. The van der Waals surface area contributed by atoms with Gasteiger partial charge in [0.25, 0.3) is 0 Å². The number of benzene rings is 1. The maximum atomic E-state index is 12.0. The lowest BCUT2D eigenvalue weighted by Gasteiger charge is -2.12. The van der Waals surface area contributed by atoms with E-state index in [4.69, 9.17) is 0 Å². The van der Waals surface area contributed by atoms with Crippen LogP contribution in [0.1, 0.15) is 19.3 Å². The largest absolute Gasteiger partial charge is 0.298 e. The zero-order chi connectivity index (χ0) is 15.2. The van der Waals surface area contributed by atoms with Gasteiger partial charge in [-0.15, -0.1) is 11.3 Å². The van der Waals surface area contributed by atoms with Crippen molar-refractivity contribution in [3.05, 3.63) is 60.0 Å². The molecule has 1 amide bonds. The molecule has 2 aromatic rings. The lowest BCUT2D eigenvalue weighted by atomic mass is 9.94. The number of allylic oxidation sites excluding steroid dienone is 3. The fourth-order valence-electron chi connectivity index (χ4n) is 2.44. The Balaban J connectivity index is 1.59. The minimum Gasteiger partial charge on any atom is -0.298 e. The Kier molecular flexibility index (Phi) is 4.81. The zero-order valence-electron chi connectivity index (χ0n) is 12.2. The highest BCUT2D eigenvalue weighted by molar-refractivity contribution is 7.14. The average Bonchev–Trinajstić information content (AvgIpc) is 3.03. The van der Waals surface area contributed by atoms with Gasteiger partial charge in [0.2, 0.25) is 5.91 Å². The molecule has 3 nitrogen and oxygen atoms in total. The molecule has 1 N–H and O–H groups in total. The first-order valence-corrected chi connectivity index (χ1v) is 8.34. The number of hydrogen-bond acceptors (Lipinski definition) is 3. The molecular weight excluding hydrogens is 292 g/mol. The molecular formula is C18H18N2OS. The van der Waals surface area contributed by atoms with Crippen molar-refractivity contribution in [1.29, 1.82) is 0 Å². The van der Waals surface area contributed by atoms with Gasteiger partial charge in [-0.05, 0) is 31.3 Å². The first-order valence-electron chi connectivity index (χ1n) is 7.46. The molecule has 1 aromatic heterocycles. The number of nitrogens with one attached hydrogen (secondary N) is 1. The van der Waals surface area contributed by atoms with Crippen LogP contribution in [0.15, 0.2) is 60.0 Å². The van der Waals surface area contributed by atoms with Crippen LogP contribution in [-0.4, -0.2) is 10.9 Å². The van der Waals surface area contributed by atoms with Crippen molar-refractivity contribution in [2.75, 3.05) is 5.32 Å².